The molecule has 1 amide bonds. The summed E-state index contributed by atoms with van der Waals surface area (Å²) in [5, 5.41) is 4.64. The number of hydrogen-bond donors (Lipinski definition) is 2. The van der Waals surface area contributed by atoms with Crippen LogP contribution in [0.3, 0.4) is 0 Å². The molecule has 1 fully saturated rings. The molecule has 3 heterocycles. The van der Waals surface area contributed by atoms with Gasteiger partial charge in [-0.2, -0.15) is 0 Å². The van der Waals surface area contributed by atoms with Crippen LogP contribution in [0.4, 0.5) is 0 Å². The number of aromatic nitrogens is 1. The number of nitrogens with one attached hydrogen (secondary N) is 2. The Labute approximate surface area is 198 Å². The molecular weight excluding hydrogens is 449 g/mol. The molecule has 0 bridgehead atoms. The van der Waals surface area contributed by atoms with E-state index in [9.17, 15) is 4.79 Å². The lowest BCUT2D eigenvalue weighted by Gasteiger charge is -2.39. The Bertz CT molecular complexity index is 1150. The van der Waals surface area contributed by atoms with Crippen LogP contribution in [0.2, 0.25) is 5.02 Å². The fourth-order valence-corrected chi connectivity index (χ4v) is 4.99. The summed E-state index contributed by atoms with van der Waals surface area (Å²) in [6.45, 7) is 3.24. The zero-order valence-corrected chi connectivity index (χ0v) is 19.7. The van der Waals surface area contributed by atoms with Crippen molar-refractivity contribution in [3.63, 3.8) is 0 Å². The van der Waals surface area contributed by atoms with Gasteiger partial charge in [0.2, 0.25) is 0 Å². The highest BCUT2D eigenvalue weighted by atomic mass is 35.5. The second kappa shape index (κ2) is 9.04. The minimum Gasteiger partial charge on any atom is -0.355 e. The van der Waals surface area contributed by atoms with Crippen molar-refractivity contribution >= 4 is 40.8 Å². The summed E-state index contributed by atoms with van der Waals surface area (Å²) in [6, 6.07) is 12.4. The highest BCUT2D eigenvalue weighted by molar-refractivity contribution is 6.32. The first kappa shape index (κ1) is 23.1. The molecule has 6 nitrogen and oxygen atoms in total. The molecule has 1 aromatic heterocycles. The number of amides is 1. The van der Waals surface area contributed by atoms with Crippen LogP contribution in [0.5, 0.6) is 0 Å². The van der Waals surface area contributed by atoms with Crippen LogP contribution in [0.25, 0.3) is 22.2 Å². The van der Waals surface area contributed by atoms with Crippen LogP contribution in [-0.4, -0.2) is 48.9 Å². The summed E-state index contributed by atoms with van der Waals surface area (Å²) < 4.78 is 11.2. The molecular formula is C24H27Cl2N3O3. The number of halogens is 2. The predicted molar refractivity (Wildman–Crippen MR) is 128 cm³/mol. The van der Waals surface area contributed by atoms with Gasteiger partial charge in [-0.05, 0) is 29.8 Å². The van der Waals surface area contributed by atoms with Crippen LogP contribution < -0.4 is 5.32 Å². The topological polar surface area (TPSA) is 66.6 Å². The van der Waals surface area contributed by atoms with Gasteiger partial charge < -0.3 is 19.8 Å². The lowest BCUT2D eigenvalue weighted by atomic mass is 10.0. The van der Waals surface area contributed by atoms with E-state index in [1.54, 1.807) is 14.2 Å². The maximum absolute atomic E-state index is 12.4. The molecule has 0 spiro atoms. The number of aromatic amines is 1. The second-order valence-electron chi connectivity index (χ2n) is 8.33. The molecule has 0 atom stereocenters. The number of benzene rings is 2. The van der Waals surface area contributed by atoms with Gasteiger partial charge in [0.25, 0.3) is 5.91 Å². The van der Waals surface area contributed by atoms with Crippen molar-refractivity contribution in [1.82, 2.24) is 15.2 Å². The number of nitrogens with zero attached hydrogens (tertiary/aromatic N) is 1. The standard InChI is InChI=1S/C24H26ClN3O3.ClH/c1-30-24(31-2)7-9-28(10-8-24)14-15-3-6-20-16(11-15)12-21(27-20)17-4-5-19(25)18-13-26-23(29)22(17)18;/h3-6,11-12,27H,7-10,13-14H2,1-2H3,(H,26,29);1H. The van der Waals surface area contributed by atoms with E-state index < -0.39 is 5.79 Å². The van der Waals surface area contributed by atoms with Crippen LogP contribution in [0.1, 0.15) is 34.3 Å². The number of carbonyl (C=O) groups is 1. The number of piperidine rings is 1. The monoisotopic (exact) mass is 475 g/mol. The molecule has 2 aliphatic rings. The lowest BCUT2D eigenvalue weighted by molar-refractivity contribution is -0.229. The Kier molecular flexibility index (Phi) is 6.52. The Morgan fingerprint density at radius 3 is 2.56 bits per heavy atom. The van der Waals surface area contributed by atoms with E-state index in [2.05, 4.69) is 39.5 Å². The molecule has 32 heavy (non-hydrogen) atoms. The third-order valence-electron chi connectivity index (χ3n) is 6.65. The van der Waals surface area contributed by atoms with Crippen molar-refractivity contribution in [2.75, 3.05) is 27.3 Å². The van der Waals surface area contributed by atoms with Crippen molar-refractivity contribution in [3.8, 4) is 11.3 Å². The molecule has 2 N–H and O–H groups in total. The van der Waals surface area contributed by atoms with Gasteiger partial charge in [0.15, 0.2) is 5.79 Å². The van der Waals surface area contributed by atoms with Gasteiger partial charge in [-0.3, -0.25) is 9.69 Å². The van der Waals surface area contributed by atoms with Crippen LogP contribution in [-0.2, 0) is 22.6 Å². The zero-order valence-electron chi connectivity index (χ0n) is 18.2. The minimum absolute atomic E-state index is 0. The van der Waals surface area contributed by atoms with Crippen molar-refractivity contribution in [3.05, 3.63) is 58.1 Å². The molecule has 170 valence electrons. The van der Waals surface area contributed by atoms with E-state index in [1.807, 2.05) is 12.1 Å². The summed E-state index contributed by atoms with van der Waals surface area (Å²) in [5.74, 6) is -0.513. The van der Waals surface area contributed by atoms with E-state index in [0.717, 1.165) is 60.2 Å². The molecule has 1 saturated heterocycles. The van der Waals surface area contributed by atoms with Crippen molar-refractivity contribution in [2.45, 2.75) is 31.7 Å². The van der Waals surface area contributed by atoms with E-state index >= 15 is 0 Å². The summed E-state index contributed by atoms with van der Waals surface area (Å²) in [4.78, 5) is 18.3. The normalized spacial score (nSPS) is 17.8. The first-order valence-electron chi connectivity index (χ1n) is 10.6. The van der Waals surface area contributed by atoms with Gasteiger partial charge in [-0.25, -0.2) is 0 Å². The molecule has 5 rings (SSSR count). The lowest BCUT2D eigenvalue weighted by Crippen LogP contribution is -2.46. The zero-order chi connectivity index (χ0) is 21.6. The van der Waals surface area contributed by atoms with Gasteiger partial charge >= 0.3 is 0 Å². The summed E-state index contributed by atoms with van der Waals surface area (Å²) in [5.41, 5.74) is 5.68. The summed E-state index contributed by atoms with van der Waals surface area (Å²) >= 11 is 6.30. The second-order valence-corrected chi connectivity index (χ2v) is 8.74. The SMILES string of the molecule is COC1(OC)CCN(Cc2ccc3[nH]c(-c4ccc(Cl)c5c4C(=O)NC5)cc3c2)CC1.Cl. The maximum atomic E-state index is 12.4. The number of likely N-dealkylation sites (tertiary alicyclic amines) is 1. The van der Waals surface area contributed by atoms with Gasteiger partial charge in [-0.15, -0.1) is 12.4 Å². The summed E-state index contributed by atoms with van der Waals surface area (Å²) in [6.07, 6.45) is 1.72. The fourth-order valence-electron chi connectivity index (χ4n) is 4.76. The Morgan fingerprint density at radius 1 is 1.09 bits per heavy atom. The number of rotatable bonds is 5. The van der Waals surface area contributed by atoms with Gasteiger partial charge in [0, 0.05) is 86.0 Å². The Balaban J connectivity index is 0.00000245. The molecule has 0 saturated carbocycles. The maximum Gasteiger partial charge on any atom is 0.252 e. The van der Waals surface area contributed by atoms with Gasteiger partial charge in [0.05, 0.1) is 5.56 Å². The van der Waals surface area contributed by atoms with E-state index in [0.29, 0.717) is 17.1 Å². The number of fused-ring (bicyclic) bond motifs is 2. The quantitative estimate of drug-likeness (QED) is 0.523. The van der Waals surface area contributed by atoms with Crippen LogP contribution >= 0.6 is 24.0 Å². The average molecular weight is 476 g/mol. The third-order valence-corrected chi connectivity index (χ3v) is 7.01. The highest BCUT2D eigenvalue weighted by Gasteiger charge is 2.34. The van der Waals surface area contributed by atoms with Crippen molar-refractivity contribution in [2.24, 2.45) is 0 Å². The largest absolute Gasteiger partial charge is 0.355 e. The number of carbonyl (C=O) groups excluding carboxylic acids is 1. The minimum atomic E-state index is -0.443. The smallest absolute Gasteiger partial charge is 0.252 e. The van der Waals surface area contributed by atoms with E-state index in [1.165, 1.54) is 5.56 Å². The van der Waals surface area contributed by atoms with Crippen molar-refractivity contribution < 1.29 is 14.3 Å². The molecule has 0 unspecified atom stereocenters. The van der Waals surface area contributed by atoms with Gasteiger partial charge in [0.1, 0.15) is 0 Å². The van der Waals surface area contributed by atoms with Gasteiger partial charge in [-0.1, -0.05) is 23.7 Å². The number of H-pyrrole nitrogens is 1. The van der Waals surface area contributed by atoms with Crippen LogP contribution in [0.15, 0.2) is 36.4 Å². The first-order valence-corrected chi connectivity index (χ1v) is 10.9. The van der Waals surface area contributed by atoms with Crippen molar-refractivity contribution in [1.29, 1.82) is 0 Å². The molecule has 8 heteroatoms. The molecule has 2 aliphatic heterocycles. The number of ether oxygens (including phenoxy) is 2. The molecule has 3 aromatic rings. The number of methoxy groups -OCH3 is 2. The van der Waals surface area contributed by atoms with E-state index in [-0.39, 0.29) is 18.3 Å². The van der Waals surface area contributed by atoms with Crippen LogP contribution in [0, 0.1) is 0 Å². The summed E-state index contributed by atoms with van der Waals surface area (Å²) in [7, 11) is 3.44. The highest BCUT2D eigenvalue weighted by Crippen LogP contribution is 2.35. The molecule has 0 aliphatic carbocycles. The Hall–Kier alpha value is -2.09. The molecule has 2 aromatic carbocycles. The molecule has 0 radical (unpaired) electrons. The first-order chi connectivity index (χ1) is 15.0. The predicted octanol–water partition coefficient (Wildman–Crippen LogP) is 4.74. The third kappa shape index (κ3) is 4.02. The average Bonchev–Trinajstić information content (AvgIpc) is 3.39. The number of hydrogen-bond acceptors (Lipinski definition) is 4. The van der Waals surface area contributed by atoms with E-state index in [4.69, 9.17) is 21.1 Å². The fraction of sp³-hybridized carbons (Fsp3) is 0.375. The Morgan fingerprint density at radius 2 is 1.84 bits per heavy atom.